The Balaban J connectivity index is 1.56. The average molecular weight is 357 g/mol. The zero-order valence-electron chi connectivity index (χ0n) is 13.8. The number of imidazole rings is 1. The molecule has 0 saturated carbocycles. The Morgan fingerprint density at radius 3 is 2.85 bits per heavy atom. The molecule has 0 bridgehead atoms. The second kappa shape index (κ2) is 6.89. The van der Waals surface area contributed by atoms with Gasteiger partial charge in [-0.15, -0.1) is 0 Å². The molecule has 0 fully saturated rings. The van der Waals surface area contributed by atoms with E-state index in [0.717, 1.165) is 0 Å². The minimum atomic E-state index is -0.441. The Kier molecular flexibility index (Phi) is 4.13. The van der Waals surface area contributed by atoms with Crippen LogP contribution in [0.1, 0.15) is 16.2 Å². The summed E-state index contributed by atoms with van der Waals surface area (Å²) in [5, 5.41) is 11.5. The van der Waals surface area contributed by atoms with Crippen LogP contribution < -0.4 is 5.32 Å². The Bertz CT molecular complexity index is 1140. The van der Waals surface area contributed by atoms with Crippen LogP contribution in [0.4, 0.5) is 6.01 Å². The largest absolute Gasteiger partial charge is 0.431 e. The van der Waals surface area contributed by atoms with E-state index in [1.807, 2.05) is 12.1 Å². The fourth-order valence-corrected chi connectivity index (χ4v) is 2.41. The van der Waals surface area contributed by atoms with E-state index in [4.69, 9.17) is 9.68 Å². The summed E-state index contributed by atoms with van der Waals surface area (Å²) >= 11 is 0. The smallest absolute Gasteiger partial charge is 0.302 e. The number of anilines is 1. The maximum Gasteiger partial charge on any atom is 0.302 e. The topological polar surface area (TPSA) is 123 Å². The van der Waals surface area contributed by atoms with Gasteiger partial charge in [0.25, 0.3) is 5.91 Å². The molecule has 1 N–H and O–H groups in total. The van der Waals surface area contributed by atoms with Gasteiger partial charge in [-0.2, -0.15) is 10.2 Å². The number of nitriles is 1. The normalized spacial score (nSPS) is 10.3. The molecule has 0 atom stereocenters. The highest BCUT2D eigenvalue weighted by Gasteiger charge is 2.16. The van der Waals surface area contributed by atoms with Crippen LogP contribution in [0.3, 0.4) is 0 Å². The third kappa shape index (κ3) is 3.27. The van der Waals surface area contributed by atoms with E-state index in [1.165, 1.54) is 18.8 Å². The van der Waals surface area contributed by atoms with Gasteiger partial charge in [0.2, 0.25) is 0 Å². The fourth-order valence-electron chi connectivity index (χ4n) is 2.41. The van der Waals surface area contributed by atoms with Crippen molar-refractivity contribution in [3.8, 4) is 23.1 Å². The second-order valence-corrected chi connectivity index (χ2v) is 5.37. The summed E-state index contributed by atoms with van der Waals surface area (Å²) in [6, 6.07) is 10.5. The molecule has 9 nitrogen and oxygen atoms in total. The van der Waals surface area contributed by atoms with Crippen LogP contribution in [0.25, 0.3) is 17.1 Å². The van der Waals surface area contributed by atoms with Crippen molar-refractivity contribution in [3.05, 3.63) is 72.9 Å². The first-order valence-electron chi connectivity index (χ1n) is 7.82. The minimum absolute atomic E-state index is 0.0121. The van der Waals surface area contributed by atoms with Gasteiger partial charge < -0.3 is 4.42 Å². The molecule has 4 heterocycles. The second-order valence-electron chi connectivity index (χ2n) is 5.37. The van der Waals surface area contributed by atoms with E-state index in [9.17, 15) is 4.79 Å². The first kappa shape index (κ1) is 16.2. The van der Waals surface area contributed by atoms with Gasteiger partial charge in [-0.1, -0.05) is 6.07 Å². The highest BCUT2D eigenvalue weighted by molar-refractivity contribution is 6.02. The monoisotopic (exact) mass is 357 g/mol. The number of carbonyl (C=O) groups is 1. The molecule has 9 heteroatoms. The number of nitrogens with zero attached hydrogens (tertiary/aromatic N) is 6. The van der Waals surface area contributed by atoms with Gasteiger partial charge in [0.05, 0.1) is 30.1 Å². The number of oxazole rings is 1. The highest BCUT2D eigenvalue weighted by Crippen LogP contribution is 2.20. The molecule has 0 aliphatic carbocycles. The van der Waals surface area contributed by atoms with Crippen molar-refractivity contribution in [1.29, 1.82) is 5.26 Å². The van der Waals surface area contributed by atoms with Crippen molar-refractivity contribution in [3.63, 3.8) is 0 Å². The highest BCUT2D eigenvalue weighted by atomic mass is 16.4. The molecule has 1 amide bonds. The number of carbonyl (C=O) groups excluding carboxylic acids is 1. The van der Waals surface area contributed by atoms with Crippen molar-refractivity contribution in [2.24, 2.45) is 0 Å². The molecule has 0 aromatic carbocycles. The van der Waals surface area contributed by atoms with Crippen LogP contribution in [0.15, 0.2) is 65.9 Å². The molecule has 4 aromatic rings. The summed E-state index contributed by atoms with van der Waals surface area (Å²) in [7, 11) is 0. The van der Waals surface area contributed by atoms with Gasteiger partial charge in [0.15, 0.2) is 0 Å². The number of pyridine rings is 2. The van der Waals surface area contributed by atoms with E-state index in [1.54, 1.807) is 41.2 Å². The summed E-state index contributed by atoms with van der Waals surface area (Å²) in [5.41, 5.74) is 2.14. The molecule has 0 spiro atoms. The van der Waals surface area contributed by atoms with Gasteiger partial charge >= 0.3 is 6.01 Å². The van der Waals surface area contributed by atoms with Crippen molar-refractivity contribution >= 4 is 11.9 Å². The summed E-state index contributed by atoms with van der Waals surface area (Å²) < 4.78 is 6.90. The molecule has 0 saturated heterocycles. The van der Waals surface area contributed by atoms with Crippen molar-refractivity contribution in [2.75, 3.05) is 5.32 Å². The van der Waals surface area contributed by atoms with E-state index in [0.29, 0.717) is 22.8 Å². The van der Waals surface area contributed by atoms with Crippen LogP contribution in [0, 0.1) is 11.3 Å². The zero-order chi connectivity index (χ0) is 18.6. The van der Waals surface area contributed by atoms with Crippen LogP contribution in [-0.4, -0.2) is 30.4 Å². The van der Waals surface area contributed by atoms with Gasteiger partial charge in [-0.25, -0.2) is 9.97 Å². The molecular formula is C18H11N7O2. The Morgan fingerprint density at radius 1 is 1.11 bits per heavy atom. The molecule has 0 aliphatic rings. The predicted molar refractivity (Wildman–Crippen MR) is 93.8 cm³/mol. The van der Waals surface area contributed by atoms with E-state index in [2.05, 4.69) is 25.3 Å². The molecule has 4 aromatic heterocycles. The van der Waals surface area contributed by atoms with E-state index >= 15 is 0 Å². The lowest BCUT2D eigenvalue weighted by atomic mass is 10.2. The quantitative estimate of drug-likeness (QED) is 0.595. The fraction of sp³-hybridized carbons (Fsp3) is 0. The number of hydrogen-bond donors (Lipinski definition) is 1. The standard InChI is InChI=1S/C18H11N7O2/c19-7-12-3-1-5-14(22-12)15-10-27-18(23-15)24-17(26)16-9-21-11-25(16)13-4-2-6-20-8-13/h1-6,8-11H,(H,23,24,26). The number of rotatable bonds is 4. The maximum absolute atomic E-state index is 12.6. The molecular weight excluding hydrogens is 346 g/mol. The Hall–Kier alpha value is -4.32. The van der Waals surface area contributed by atoms with Gasteiger partial charge in [-0.05, 0) is 24.3 Å². The predicted octanol–water partition coefficient (Wildman–Crippen LogP) is 2.44. The molecule has 4 rings (SSSR count). The molecule has 130 valence electrons. The number of amides is 1. The number of aromatic nitrogens is 5. The Morgan fingerprint density at radius 2 is 2.04 bits per heavy atom. The van der Waals surface area contributed by atoms with Gasteiger partial charge in [0.1, 0.15) is 29.4 Å². The summed E-state index contributed by atoms with van der Waals surface area (Å²) in [6.07, 6.45) is 7.57. The number of hydrogen-bond acceptors (Lipinski definition) is 7. The van der Waals surface area contributed by atoms with E-state index in [-0.39, 0.29) is 11.7 Å². The van der Waals surface area contributed by atoms with Gasteiger partial charge in [0, 0.05) is 6.20 Å². The summed E-state index contributed by atoms with van der Waals surface area (Å²) in [4.78, 5) is 29.0. The minimum Gasteiger partial charge on any atom is -0.431 e. The first-order valence-corrected chi connectivity index (χ1v) is 7.82. The molecule has 0 radical (unpaired) electrons. The third-order valence-electron chi connectivity index (χ3n) is 3.65. The van der Waals surface area contributed by atoms with Crippen molar-refractivity contribution in [1.82, 2.24) is 24.5 Å². The molecule has 27 heavy (non-hydrogen) atoms. The van der Waals surface area contributed by atoms with Crippen LogP contribution in [0.2, 0.25) is 0 Å². The third-order valence-corrected chi connectivity index (χ3v) is 3.65. The lowest BCUT2D eigenvalue weighted by Gasteiger charge is -2.06. The van der Waals surface area contributed by atoms with Crippen molar-refractivity contribution in [2.45, 2.75) is 0 Å². The summed E-state index contributed by atoms with van der Waals surface area (Å²) in [5.74, 6) is -0.441. The molecule has 0 unspecified atom stereocenters. The van der Waals surface area contributed by atoms with Crippen LogP contribution >= 0.6 is 0 Å². The van der Waals surface area contributed by atoms with Crippen molar-refractivity contribution < 1.29 is 9.21 Å². The first-order chi connectivity index (χ1) is 13.2. The average Bonchev–Trinajstić information content (AvgIpc) is 3.38. The maximum atomic E-state index is 12.6. The van der Waals surface area contributed by atoms with Crippen LogP contribution in [0.5, 0.6) is 0 Å². The molecule has 0 aliphatic heterocycles. The SMILES string of the molecule is N#Cc1cccc(-c2coc(NC(=O)c3cncn3-c3cccnc3)n2)n1. The zero-order valence-corrected chi connectivity index (χ0v) is 13.8. The lowest BCUT2D eigenvalue weighted by Crippen LogP contribution is -2.16. The van der Waals surface area contributed by atoms with E-state index < -0.39 is 5.91 Å². The summed E-state index contributed by atoms with van der Waals surface area (Å²) in [6.45, 7) is 0. The van der Waals surface area contributed by atoms with Gasteiger partial charge in [-0.3, -0.25) is 19.7 Å². The van der Waals surface area contributed by atoms with Crippen LogP contribution in [-0.2, 0) is 0 Å². The lowest BCUT2D eigenvalue weighted by molar-refractivity contribution is 0.101. The number of nitrogens with one attached hydrogen (secondary N) is 1. The Labute approximate surface area is 153 Å².